The number of ether oxygens (including phenoxy) is 1. The van der Waals surface area contributed by atoms with Gasteiger partial charge < -0.3 is 14.8 Å². The molecule has 0 saturated heterocycles. The molecule has 0 radical (unpaired) electrons. The molecule has 2 heterocycles. The lowest BCUT2D eigenvalue weighted by molar-refractivity contribution is -0.605. The van der Waals surface area contributed by atoms with Crippen molar-refractivity contribution >= 4 is 11.4 Å². The Morgan fingerprint density at radius 3 is 2.87 bits per heavy atom. The molecule has 0 bridgehead atoms. The van der Waals surface area contributed by atoms with Gasteiger partial charge in [-0.05, 0) is 26.0 Å². The summed E-state index contributed by atoms with van der Waals surface area (Å²) in [6.07, 6.45) is 2.92. The molecule has 0 unspecified atom stereocenters. The Hall–Kier alpha value is -2.83. The van der Waals surface area contributed by atoms with Crippen LogP contribution in [0.5, 0.6) is 5.75 Å². The van der Waals surface area contributed by atoms with Crippen LogP contribution in [0.25, 0.3) is 0 Å². The average molecular weight is 315 g/mol. The number of nitrogens with zero attached hydrogens (tertiary/aromatic N) is 3. The molecule has 3 rings (SSSR count). The Balaban J connectivity index is 1.99. The molecule has 23 heavy (non-hydrogen) atoms. The van der Waals surface area contributed by atoms with Crippen LogP contribution in [-0.4, -0.2) is 17.1 Å². The van der Waals surface area contributed by atoms with Crippen LogP contribution >= 0.6 is 0 Å². The highest BCUT2D eigenvalue weighted by Crippen LogP contribution is 2.39. The number of fused-ring (bicyclic) bond motifs is 1. The van der Waals surface area contributed by atoms with E-state index in [2.05, 4.69) is 0 Å². The monoisotopic (exact) mass is 315 g/mol. The van der Waals surface area contributed by atoms with E-state index in [9.17, 15) is 15.3 Å². The van der Waals surface area contributed by atoms with Gasteiger partial charge in [-0.2, -0.15) is 4.73 Å². The Labute approximate surface area is 133 Å². The van der Waals surface area contributed by atoms with E-state index in [1.807, 2.05) is 24.8 Å². The Morgan fingerprint density at radius 1 is 1.39 bits per heavy atom. The topological polar surface area (TPSA) is 82.5 Å². The number of hydrogen-bond acceptors (Lipinski definition) is 5. The summed E-state index contributed by atoms with van der Waals surface area (Å²) in [5.74, 6) is 0.609. The number of rotatable bonds is 3. The third-order valence-electron chi connectivity index (χ3n) is 3.66. The van der Waals surface area contributed by atoms with E-state index in [4.69, 9.17) is 4.74 Å². The van der Waals surface area contributed by atoms with E-state index in [-0.39, 0.29) is 5.69 Å². The van der Waals surface area contributed by atoms with Crippen molar-refractivity contribution in [1.82, 2.24) is 0 Å². The maximum atomic E-state index is 11.4. The van der Waals surface area contributed by atoms with Crippen LogP contribution < -0.4 is 14.4 Å². The second kappa shape index (κ2) is 5.42. The van der Waals surface area contributed by atoms with Crippen molar-refractivity contribution in [3.05, 3.63) is 63.6 Å². The molecule has 1 aromatic heterocycles. The van der Waals surface area contributed by atoms with Crippen molar-refractivity contribution in [2.75, 3.05) is 11.4 Å². The molecule has 7 nitrogen and oxygen atoms in total. The van der Waals surface area contributed by atoms with E-state index < -0.39 is 10.5 Å². The maximum Gasteiger partial charge on any atom is 0.271 e. The molecule has 0 amide bonds. The Kier molecular flexibility index (Phi) is 3.55. The third-order valence-corrected chi connectivity index (χ3v) is 3.66. The number of pyridine rings is 1. The van der Waals surface area contributed by atoms with Crippen LogP contribution in [0.4, 0.5) is 11.4 Å². The van der Waals surface area contributed by atoms with Gasteiger partial charge in [0.2, 0.25) is 0 Å². The first kappa shape index (κ1) is 15.1. The normalized spacial score (nSPS) is 15.7. The first-order valence-electron chi connectivity index (χ1n) is 7.24. The lowest BCUT2D eigenvalue weighted by atomic mass is 10.0. The summed E-state index contributed by atoms with van der Waals surface area (Å²) in [4.78, 5) is 12.6. The van der Waals surface area contributed by atoms with Crippen LogP contribution in [0.3, 0.4) is 0 Å². The lowest BCUT2D eigenvalue weighted by Crippen LogP contribution is -2.46. The van der Waals surface area contributed by atoms with Gasteiger partial charge in [0.1, 0.15) is 11.4 Å². The number of non-ortho nitro benzene ring substituents is 1. The highest BCUT2D eigenvalue weighted by Gasteiger charge is 2.33. The van der Waals surface area contributed by atoms with Crippen molar-refractivity contribution < 1.29 is 14.4 Å². The molecule has 0 atom stereocenters. The van der Waals surface area contributed by atoms with Crippen molar-refractivity contribution in [2.45, 2.75) is 26.0 Å². The first-order chi connectivity index (χ1) is 10.8. The second-order valence-corrected chi connectivity index (χ2v) is 6.20. The predicted molar refractivity (Wildman–Crippen MR) is 84.3 cm³/mol. The summed E-state index contributed by atoms with van der Waals surface area (Å²) in [7, 11) is 0. The quantitative estimate of drug-likeness (QED) is 0.376. The molecular formula is C16H17N3O4. The van der Waals surface area contributed by atoms with Gasteiger partial charge in [-0.1, -0.05) is 0 Å². The van der Waals surface area contributed by atoms with E-state index in [1.54, 1.807) is 12.1 Å². The largest absolute Gasteiger partial charge is 0.619 e. The number of benzene rings is 1. The summed E-state index contributed by atoms with van der Waals surface area (Å²) in [5.41, 5.74) is 1.09. The van der Waals surface area contributed by atoms with Gasteiger partial charge in [0.05, 0.1) is 17.2 Å². The highest BCUT2D eigenvalue weighted by molar-refractivity contribution is 5.65. The van der Waals surface area contributed by atoms with E-state index >= 15 is 0 Å². The van der Waals surface area contributed by atoms with E-state index in [1.165, 1.54) is 24.5 Å². The Morgan fingerprint density at radius 2 is 2.17 bits per heavy atom. The van der Waals surface area contributed by atoms with Crippen LogP contribution in [0.15, 0.2) is 42.7 Å². The van der Waals surface area contributed by atoms with Crippen molar-refractivity contribution in [1.29, 1.82) is 0 Å². The summed E-state index contributed by atoms with van der Waals surface area (Å²) in [6.45, 7) is 4.96. The predicted octanol–water partition coefficient (Wildman–Crippen LogP) is 2.41. The molecule has 1 aromatic carbocycles. The second-order valence-electron chi connectivity index (χ2n) is 6.20. The van der Waals surface area contributed by atoms with Crippen molar-refractivity contribution in [3.63, 3.8) is 0 Å². The van der Waals surface area contributed by atoms with E-state index in [0.717, 1.165) is 10.3 Å². The molecule has 0 spiro atoms. The zero-order chi connectivity index (χ0) is 16.6. The molecule has 0 fully saturated rings. The van der Waals surface area contributed by atoms with Gasteiger partial charge in [0.25, 0.3) is 5.69 Å². The van der Waals surface area contributed by atoms with Gasteiger partial charge >= 0.3 is 0 Å². The summed E-state index contributed by atoms with van der Waals surface area (Å²) in [5, 5.41) is 22.5. The van der Waals surface area contributed by atoms with Gasteiger partial charge in [0.15, 0.2) is 12.4 Å². The van der Waals surface area contributed by atoms with Gasteiger partial charge in [-0.25, -0.2) is 0 Å². The smallest absolute Gasteiger partial charge is 0.271 e. The summed E-state index contributed by atoms with van der Waals surface area (Å²) >= 11 is 0. The van der Waals surface area contributed by atoms with Gasteiger partial charge in [-0.3, -0.25) is 10.1 Å². The van der Waals surface area contributed by atoms with Crippen molar-refractivity contribution in [3.8, 4) is 5.75 Å². The molecule has 0 aliphatic carbocycles. The standard InChI is InChI=1S/C16H17N3O4/c1-16(2)11-17(9-12-4-3-7-18(20)10-12)14-8-13(19(21)22)5-6-15(14)23-16/h3-8,10H,9,11H2,1-2H3. The lowest BCUT2D eigenvalue weighted by Gasteiger charge is -2.40. The van der Waals surface area contributed by atoms with Crippen LogP contribution in [-0.2, 0) is 6.54 Å². The minimum atomic E-state index is -0.425. The van der Waals surface area contributed by atoms with Gasteiger partial charge in [-0.15, -0.1) is 0 Å². The summed E-state index contributed by atoms with van der Waals surface area (Å²) < 4.78 is 6.66. The fourth-order valence-corrected chi connectivity index (χ4v) is 2.78. The number of hydrogen-bond donors (Lipinski definition) is 0. The third kappa shape index (κ3) is 3.18. The fraction of sp³-hybridized carbons (Fsp3) is 0.312. The highest BCUT2D eigenvalue weighted by atomic mass is 16.6. The fourth-order valence-electron chi connectivity index (χ4n) is 2.78. The number of anilines is 1. The van der Waals surface area contributed by atoms with Gasteiger partial charge in [0, 0.05) is 30.3 Å². The van der Waals surface area contributed by atoms with Crippen LogP contribution in [0, 0.1) is 15.3 Å². The molecule has 0 saturated carbocycles. The minimum Gasteiger partial charge on any atom is -0.619 e. The first-order valence-corrected chi connectivity index (χ1v) is 7.24. The molecule has 120 valence electrons. The molecular weight excluding hydrogens is 298 g/mol. The SMILES string of the molecule is CC1(C)CN(Cc2ccc[n+]([O-])c2)c2cc([N+](=O)[O-])ccc2O1. The summed E-state index contributed by atoms with van der Waals surface area (Å²) in [6, 6.07) is 8.11. The zero-order valence-electron chi connectivity index (χ0n) is 12.9. The molecule has 1 aliphatic heterocycles. The zero-order valence-corrected chi connectivity index (χ0v) is 12.9. The number of aromatic nitrogens is 1. The minimum absolute atomic E-state index is 0.0176. The number of nitro groups is 1. The molecule has 2 aromatic rings. The maximum absolute atomic E-state index is 11.4. The van der Waals surface area contributed by atoms with Crippen molar-refractivity contribution in [2.24, 2.45) is 0 Å². The van der Waals surface area contributed by atoms with Crippen LogP contribution in [0.1, 0.15) is 19.4 Å². The molecule has 0 N–H and O–H groups in total. The Bertz CT molecular complexity index is 761. The van der Waals surface area contributed by atoms with E-state index in [0.29, 0.717) is 24.5 Å². The molecule has 7 heteroatoms. The molecule has 1 aliphatic rings. The average Bonchev–Trinajstić information content (AvgIpc) is 2.45. The van der Waals surface area contributed by atoms with Crippen LogP contribution in [0.2, 0.25) is 0 Å². The number of nitro benzene ring substituents is 1.